The van der Waals surface area contributed by atoms with Crippen LogP contribution in [-0.4, -0.2) is 56.7 Å². The topological polar surface area (TPSA) is 135 Å². The van der Waals surface area contributed by atoms with Gasteiger partial charge in [-0.1, -0.05) is 50.4 Å². The Kier molecular flexibility index (Phi) is 14.9. The first-order chi connectivity index (χ1) is 20.3. The van der Waals surface area contributed by atoms with E-state index in [0.717, 1.165) is 31.2 Å². The monoisotopic (exact) mass is 603 g/mol. The molecule has 0 aliphatic rings. The lowest BCUT2D eigenvalue weighted by Crippen LogP contribution is -2.17. The third-order valence-corrected chi connectivity index (χ3v) is 7.61. The van der Waals surface area contributed by atoms with Crippen LogP contribution < -0.4 is 5.73 Å². The highest BCUT2D eigenvalue weighted by molar-refractivity contribution is 7.52. The van der Waals surface area contributed by atoms with Gasteiger partial charge in [0, 0.05) is 25.2 Å². The number of anilines is 1. The molecule has 12 heteroatoms. The molecule has 3 rings (SSSR count). The summed E-state index contributed by atoms with van der Waals surface area (Å²) >= 11 is 0. The van der Waals surface area contributed by atoms with Crippen LogP contribution in [0.5, 0.6) is 0 Å². The number of benzene rings is 1. The number of ether oxygens (including phenoxy) is 2. The maximum atomic E-state index is 12.9. The van der Waals surface area contributed by atoms with Crippen molar-refractivity contribution in [1.82, 2.24) is 19.5 Å². The molecule has 42 heavy (non-hydrogen) atoms. The molecular formula is C30H43FN5O5P. The summed E-state index contributed by atoms with van der Waals surface area (Å²) in [7, 11) is -3.86. The fraction of sp³-hybridized carbons (Fsp3) is 0.567. The predicted molar refractivity (Wildman–Crippen MR) is 161 cm³/mol. The molecule has 2 atom stereocenters. The fourth-order valence-electron chi connectivity index (χ4n) is 4.27. The number of nitrogen functional groups attached to an aromatic ring is 1. The summed E-state index contributed by atoms with van der Waals surface area (Å²) in [6.45, 7) is 3.48. The molecule has 3 N–H and O–H groups in total. The number of nitrogens with two attached hydrogens (primary N) is 1. The van der Waals surface area contributed by atoms with E-state index >= 15 is 0 Å². The summed E-state index contributed by atoms with van der Waals surface area (Å²) in [4.78, 5) is 22.4. The van der Waals surface area contributed by atoms with Gasteiger partial charge in [-0.05, 0) is 50.5 Å². The van der Waals surface area contributed by atoms with Crippen LogP contribution in [0.15, 0.2) is 36.9 Å². The van der Waals surface area contributed by atoms with Gasteiger partial charge in [-0.3, -0.25) is 4.57 Å². The highest BCUT2D eigenvalue weighted by atomic mass is 31.2. The normalized spacial score (nSPS) is 13.5. The fourth-order valence-corrected chi connectivity index (χ4v) is 5.20. The molecule has 0 bridgehead atoms. The van der Waals surface area contributed by atoms with E-state index in [-0.39, 0.29) is 18.5 Å². The molecule has 0 saturated heterocycles. The number of unbranched alkanes of at least 4 members (excludes halogenated alkanes) is 8. The van der Waals surface area contributed by atoms with E-state index in [4.69, 9.17) is 19.7 Å². The van der Waals surface area contributed by atoms with Gasteiger partial charge in [-0.2, -0.15) is 0 Å². The van der Waals surface area contributed by atoms with Gasteiger partial charge < -0.3 is 29.2 Å². The Morgan fingerprint density at radius 1 is 0.976 bits per heavy atom. The number of hydrogen-bond acceptors (Lipinski definition) is 8. The maximum Gasteiger partial charge on any atom is 0.353 e. The van der Waals surface area contributed by atoms with Crippen molar-refractivity contribution in [2.45, 2.75) is 83.8 Å². The molecule has 2 aromatic heterocycles. The Morgan fingerprint density at radius 2 is 1.67 bits per heavy atom. The van der Waals surface area contributed by atoms with Crippen molar-refractivity contribution in [2.75, 3.05) is 31.9 Å². The number of rotatable bonds is 20. The van der Waals surface area contributed by atoms with Crippen molar-refractivity contribution in [1.29, 1.82) is 0 Å². The van der Waals surface area contributed by atoms with Crippen LogP contribution in [0, 0.1) is 17.7 Å². The smallest absolute Gasteiger partial charge is 0.353 e. The van der Waals surface area contributed by atoms with Crippen LogP contribution in [0.25, 0.3) is 11.2 Å². The van der Waals surface area contributed by atoms with Crippen LogP contribution in [0.4, 0.5) is 10.2 Å². The highest BCUT2D eigenvalue weighted by Crippen LogP contribution is 2.42. The van der Waals surface area contributed by atoms with Crippen molar-refractivity contribution in [3.63, 3.8) is 0 Å². The minimum absolute atomic E-state index is 0.131. The van der Waals surface area contributed by atoms with Gasteiger partial charge >= 0.3 is 7.60 Å². The van der Waals surface area contributed by atoms with Gasteiger partial charge in [-0.15, -0.1) is 0 Å². The predicted octanol–water partition coefficient (Wildman–Crippen LogP) is 6.08. The summed E-state index contributed by atoms with van der Waals surface area (Å²) in [5.74, 6) is 6.29. The number of aromatic nitrogens is 4. The summed E-state index contributed by atoms with van der Waals surface area (Å²) < 4.78 is 43.3. The standard InChI is InChI=1S/C30H43FN5O5P/c1-25(21-36-23-35-28-29(32)33-22-34-30(28)36)40-24-42(37,38)41-20-12-19-39-18-11-9-7-5-3-2-4-6-8-10-13-26-14-16-27(31)17-15-26/h14-17,22-23,25H,2-9,11-12,18-21,24H2,1H3,(H,37,38)(H2,32,33,34)/t25-/m1/s1. The minimum atomic E-state index is -3.86. The van der Waals surface area contributed by atoms with Gasteiger partial charge in [0.2, 0.25) is 0 Å². The van der Waals surface area contributed by atoms with Crippen LogP contribution in [0.1, 0.15) is 76.7 Å². The Balaban J connectivity index is 1.10. The van der Waals surface area contributed by atoms with Gasteiger partial charge in [-0.25, -0.2) is 19.3 Å². The van der Waals surface area contributed by atoms with E-state index in [1.165, 1.54) is 50.6 Å². The van der Waals surface area contributed by atoms with E-state index in [1.54, 1.807) is 30.0 Å². The van der Waals surface area contributed by atoms with Crippen molar-refractivity contribution in [3.05, 3.63) is 48.3 Å². The maximum absolute atomic E-state index is 12.9. The molecule has 0 amide bonds. The van der Waals surface area contributed by atoms with Gasteiger partial charge in [0.1, 0.15) is 24.0 Å². The average molecular weight is 604 g/mol. The van der Waals surface area contributed by atoms with Crippen LogP contribution in [0.3, 0.4) is 0 Å². The molecule has 0 saturated carbocycles. The largest absolute Gasteiger partial charge is 0.382 e. The number of imidazole rings is 1. The number of fused-ring (bicyclic) bond motifs is 1. The van der Waals surface area contributed by atoms with Crippen LogP contribution in [0.2, 0.25) is 0 Å². The second kappa shape index (κ2) is 18.6. The SMILES string of the molecule is C[C@H](Cn1cnc2c(N)ncnc21)OCP(=O)(O)OCCCOCCCCCCCCCCC#Cc1ccc(F)cc1. The Bertz CT molecular complexity index is 1310. The first-order valence-corrected chi connectivity index (χ1v) is 16.4. The summed E-state index contributed by atoms with van der Waals surface area (Å²) in [6.07, 6.45) is 12.9. The molecular weight excluding hydrogens is 560 g/mol. The number of nitrogens with zero attached hydrogens (tertiary/aromatic N) is 4. The van der Waals surface area contributed by atoms with Gasteiger partial charge in [0.05, 0.1) is 25.6 Å². The van der Waals surface area contributed by atoms with Gasteiger partial charge in [0.25, 0.3) is 0 Å². The lowest BCUT2D eigenvalue weighted by Gasteiger charge is -2.17. The molecule has 230 valence electrons. The summed E-state index contributed by atoms with van der Waals surface area (Å²) in [5.41, 5.74) is 7.75. The average Bonchev–Trinajstić information content (AvgIpc) is 3.38. The third kappa shape index (κ3) is 13.0. The first-order valence-electron chi connectivity index (χ1n) is 14.7. The third-order valence-electron chi connectivity index (χ3n) is 6.55. The van der Waals surface area contributed by atoms with Crippen molar-refractivity contribution >= 4 is 24.6 Å². The zero-order valence-corrected chi connectivity index (χ0v) is 25.3. The molecule has 0 aliphatic carbocycles. The molecule has 2 heterocycles. The van der Waals surface area contributed by atoms with Gasteiger partial charge in [0.15, 0.2) is 11.5 Å². The molecule has 1 unspecified atom stereocenters. The molecule has 0 aliphatic heterocycles. The van der Waals surface area contributed by atoms with Crippen molar-refractivity contribution in [2.24, 2.45) is 0 Å². The van der Waals surface area contributed by atoms with Crippen molar-refractivity contribution in [3.8, 4) is 11.8 Å². The zero-order valence-electron chi connectivity index (χ0n) is 24.4. The van der Waals surface area contributed by atoms with E-state index in [1.807, 2.05) is 0 Å². The molecule has 10 nitrogen and oxygen atoms in total. The zero-order chi connectivity index (χ0) is 30.0. The molecule has 0 fully saturated rings. The number of hydrogen-bond donors (Lipinski definition) is 2. The highest BCUT2D eigenvalue weighted by Gasteiger charge is 2.21. The Labute approximate surface area is 247 Å². The lowest BCUT2D eigenvalue weighted by molar-refractivity contribution is 0.0688. The molecule has 3 aromatic rings. The second-order valence-electron chi connectivity index (χ2n) is 10.3. The van der Waals surface area contributed by atoms with Crippen LogP contribution >= 0.6 is 7.60 Å². The van der Waals surface area contributed by atoms with E-state index in [0.29, 0.717) is 43.2 Å². The summed E-state index contributed by atoms with van der Waals surface area (Å²) in [6, 6.07) is 6.29. The first kappa shape index (κ1) is 33.6. The minimum Gasteiger partial charge on any atom is -0.382 e. The quantitative estimate of drug-likeness (QED) is 0.0895. The summed E-state index contributed by atoms with van der Waals surface area (Å²) in [5, 5.41) is 0. The van der Waals surface area contributed by atoms with E-state index in [9.17, 15) is 13.8 Å². The Morgan fingerprint density at radius 3 is 2.43 bits per heavy atom. The molecule has 1 aromatic carbocycles. The van der Waals surface area contributed by atoms with Crippen LogP contribution in [-0.2, 0) is 25.1 Å². The molecule has 0 radical (unpaired) electrons. The van der Waals surface area contributed by atoms with E-state index < -0.39 is 13.9 Å². The Hall–Kier alpha value is -2.87. The van der Waals surface area contributed by atoms with Crippen molar-refractivity contribution < 1.29 is 27.8 Å². The molecule has 0 spiro atoms. The second-order valence-corrected chi connectivity index (χ2v) is 12.0. The number of halogens is 1. The van der Waals surface area contributed by atoms with E-state index in [2.05, 4.69) is 26.8 Å². The lowest BCUT2D eigenvalue weighted by atomic mass is 10.1.